The molecule has 6 rings (SSSR count). The van der Waals surface area contributed by atoms with E-state index in [0.29, 0.717) is 41.5 Å². The summed E-state index contributed by atoms with van der Waals surface area (Å²) in [4.78, 5) is 27.0. The third kappa shape index (κ3) is 5.08. The van der Waals surface area contributed by atoms with Gasteiger partial charge in [0.2, 0.25) is 5.70 Å². The van der Waals surface area contributed by atoms with E-state index in [1.54, 1.807) is 39.9 Å². The van der Waals surface area contributed by atoms with Crippen LogP contribution in [0, 0.1) is 24.1 Å². The van der Waals surface area contributed by atoms with Crippen molar-refractivity contribution >= 4 is 22.8 Å². The number of carbonyl (C=O) groups excluding carboxylic acids is 1. The van der Waals surface area contributed by atoms with Crippen molar-refractivity contribution in [3.05, 3.63) is 83.6 Å². The molecule has 40 heavy (non-hydrogen) atoms. The predicted molar refractivity (Wildman–Crippen MR) is 144 cm³/mol. The van der Waals surface area contributed by atoms with Gasteiger partial charge in [-0.15, -0.1) is 0 Å². The number of likely N-dealkylation sites (tertiary alicyclic amines) is 1. The summed E-state index contributed by atoms with van der Waals surface area (Å²) in [7, 11) is 0. The van der Waals surface area contributed by atoms with Gasteiger partial charge in [0.05, 0.1) is 18.0 Å². The summed E-state index contributed by atoms with van der Waals surface area (Å²) in [6, 6.07) is 9.69. The van der Waals surface area contributed by atoms with Gasteiger partial charge >= 0.3 is 0 Å². The van der Waals surface area contributed by atoms with Crippen LogP contribution in [0.4, 0.5) is 14.6 Å². The van der Waals surface area contributed by atoms with E-state index in [9.17, 15) is 13.6 Å². The average molecular weight is 542 g/mol. The lowest BCUT2D eigenvalue weighted by Gasteiger charge is -2.33. The molecule has 0 unspecified atom stereocenters. The fraction of sp³-hybridized carbons (Fsp3) is 0.276. The number of hydrogen-bond acceptors (Lipinski definition) is 6. The summed E-state index contributed by atoms with van der Waals surface area (Å²) in [6.07, 6.45) is 6.76. The van der Waals surface area contributed by atoms with E-state index in [-0.39, 0.29) is 29.2 Å². The van der Waals surface area contributed by atoms with Gasteiger partial charge in [0.1, 0.15) is 41.0 Å². The molecule has 202 valence electrons. The van der Waals surface area contributed by atoms with Gasteiger partial charge in [-0.1, -0.05) is 6.08 Å². The van der Waals surface area contributed by atoms with Gasteiger partial charge in [0.25, 0.3) is 5.91 Å². The van der Waals surface area contributed by atoms with Gasteiger partial charge < -0.3 is 15.4 Å². The molecule has 1 aliphatic heterocycles. The number of nitrogens with two attached hydrogens (primary N) is 1. The van der Waals surface area contributed by atoms with E-state index in [1.807, 2.05) is 0 Å². The molecule has 2 aromatic heterocycles. The second kappa shape index (κ2) is 10.4. The van der Waals surface area contributed by atoms with Crippen LogP contribution in [0.3, 0.4) is 0 Å². The summed E-state index contributed by atoms with van der Waals surface area (Å²) in [5.74, 6) is -0.671. The minimum Gasteiger partial charge on any atom is -0.457 e. The Hall–Kier alpha value is -4.85. The van der Waals surface area contributed by atoms with Crippen LogP contribution < -0.4 is 10.5 Å². The minimum atomic E-state index is -0.730. The first kappa shape index (κ1) is 25.4. The molecule has 2 aromatic carbocycles. The van der Waals surface area contributed by atoms with E-state index >= 15 is 0 Å². The molecule has 2 N–H and O–H groups in total. The monoisotopic (exact) mass is 541 g/mol. The molecule has 9 nitrogen and oxygen atoms in total. The van der Waals surface area contributed by atoms with Crippen LogP contribution in [0.2, 0.25) is 0 Å². The molecule has 1 saturated carbocycles. The first-order valence-electron chi connectivity index (χ1n) is 13.0. The van der Waals surface area contributed by atoms with Crippen molar-refractivity contribution in [2.24, 2.45) is 5.92 Å². The third-order valence-corrected chi connectivity index (χ3v) is 7.10. The quantitative estimate of drug-likeness (QED) is 0.255. The van der Waals surface area contributed by atoms with Crippen molar-refractivity contribution in [3.63, 3.8) is 0 Å². The molecule has 11 heteroatoms. The van der Waals surface area contributed by atoms with E-state index in [0.717, 1.165) is 49.4 Å². The molecule has 1 amide bonds. The number of halogens is 2. The largest absolute Gasteiger partial charge is 0.457 e. The average Bonchev–Trinajstić information content (AvgIpc) is 3.68. The second-order valence-electron chi connectivity index (χ2n) is 10.0. The molecule has 3 heterocycles. The Morgan fingerprint density at radius 3 is 2.52 bits per heavy atom. The fourth-order valence-electron chi connectivity index (χ4n) is 5.00. The highest BCUT2D eigenvalue weighted by Gasteiger charge is 2.31. The Bertz CT molecular complexity index is 1650. The number of ether oxygens (including phenoxy) is 1. The highest BCUT2D eigenvalue weighted by atomic mass is 19.1. The van der Waals surface area contributed by atoms with E-state index in [4.69, 9.17) is 22.1 Å². The molecule has 1 saturated heterocycles. The Morgan fingerprint density at radius 2 is 1.82 bits per heavy atom. The zero-order valence-electron chi connectivity index (χ0n) is 21.4. The lowest BCUT2D eigenvalue weighted by molar-refractivity contribution is -0.128. The first-order valence-corrected chi connectivity index (χ1v) is 13.0. The van der Waals surface area contributed by atoms with Crippen LogP contribution in [-0.2, 0) is 4.79 Å². The first-order chi connectivity index (χ1) is 19.4. The Balaban J connectivity index is 1.29. The number of piperidine rings is 1. The summed E-state index contributed by atoms with van der Waals surface area (Å²) in [5, 5.41) is 5.46. The predicted octanol–water partition coefficient (Wildman–Crippen LogP) is 5.52. The summed E-state index contributed by atoms with van der Waals surface area (Å²) >= 11 is 0. The minimum absolute atomic E-state index is 0.0439. The lowest BCUT2D eigenvalue weighted by atomic mass is 10.1. The van der Waals surface area contributed by atoms with Crippen molar-refractivity contribution < 1.29 is 18.3 Å². The van der Waals surface area contributed by atoms with Crippen molar-refractivity contribution in [2.45, 2.75) is 31.7 Å². The summed E-state index contributed by atoms with van der Waals surface area (Å²) < 4.78 is 34.5. The zero-order valence-corrected chi connectivity index (χ0v) is 21.4. The number of hydrogen-bond donors (Lipinski definition) is 1. The van der Waals surface area contributed by atoms with Crippen molar-refractivity contribution in [1.82, 2.24) is 24.6 Å². The molecule has 2 aliphatic rings. The number of fused-ring (bicyclic) bond motifs is 1. The number of nitrogens with zero attached hydrogens (tertiary/aromatic N) is 6. The van der Waals surface area contributed by atoms with Crippen LogP contribution in [0.1, 0.15) is 31.7 Å². The SMILES string of the molecule is [C-]#[N+]C(=CC1CC1)C(=O)N1CCC[C@@H](n2nc(-c3ccc(Oc4cc(F)cc(F)c4)cc3)c3c(N)ncnc32)C1. The molecule has 1 atom stereocenters. The van der Waals surface area contributed by atoms with E-state index < -0.39 is 11.6 Å². The van der Waals surface area contributed by atoms with Crippen LogP contribution >= 0.6 is 0 Å². The number of benzene rings is 2. The Kier molecular flexibility index (Phi) is 6.59. The van der Waals surface area contributed by atoms with Crippen LogP contribution in [0.25, 0.3) is 27.1 Å². The van der Waals surface area contributed by atoms with Gasteiger partial charge in [-0.2, -0.15) is 5.10 Å². The normalized spacial score (nSPS) is 17.6. The third-order valence-electron chi connectivity index (χ3n) is 7.10. The maximum atomic E-state index is 13.5. The Morgan fingerprint density at radius 1 is 1.07 bits per heavy atom. The molecule has 2 fully saturated rings. The molecule has 0 radical (unpaired) electrons. The van der Waals surface area contributed by atoms with E-state index in [2.05, 4.69) is 14.8 Å². The standard InChI is InChI=1S/C29H25F2N7O2/c1-33-24(11-17-4-5-17)29(39)37-10-2-3-21(15-37)38-28-25(27(32)34-16-35-28)26(36-38)18-6-8-22(9-7-18)40-23-13-19(30)12-20(31)14-23/h6-9,11-14,16-17,21H,2-5,10,15H2,(H2,32,34,35)/t21-/m1/s1. The van der Waals surface area contributed by atoms with E-state index in [1.165, 1.54) is 6.33 Å². The molecular formula is C29H25F2N7O2. The molecule has 0 bridgehead atoms. The van der Waals surface area contributed by atoms with Gasteiger partial charge in [-0.3, -0.25) is 4.79 Å². The number of anilines is 1. The number of aromatic nitrogens is 4. The topological polar surface area (TPSA) is 104 Å². The van der Waals surface area contributed by atoms with Crippen LogP contribution in [0.15, 0.2) is 60.6 Å². The fourth-order valence-corrected chi connectivity index (χ4v) is 5.00. The van der Waals surface area contributed by atoms with Crippen molar-refractivity contribution in [2.75, 3.05) is 18.8 Å². The summed E-state index contributed by atoms with van der Waals surface area (Å²) in [5.41, 5.74) is 8.30. The van der Waals surface area contributed by atoms with Gasteiger partial charge in [-0.25, -0.2) is 28.3 Å². The van der Waals surface area contributed by atoms with Crippen LogP contribution in [0.5, 0.6) is 11.5 Å². The molecule has 0 spiro atoms. The molecule has 4 aromatic rings. The van der Waals surface area contributed by atoms with Crippen molar-refractivity contribution in [1.29, 1.82) is 0 Å². The zero-order chi connectivity index (χ0) is 27.8. The maximum absolute atomic E-state index is 13.5. The van der Waals surface area contributed by atoms with Crippen LogP contribution in [-0.4, -0.2) is 43.6 Å². The highest BCUT2D eigenvalue weighted by molar-refractivity contribution is 5.98. The molecule has 1 aliphatic carbocycles. The summed E-state index contributed by atoms with van der Waals surface area (Å²) in [6.45, 7) is 8.46. The number of rotatable bonds is 6. The Labute approximate surface area is 228 Å². The van der Waals surface area contributed by atoms with Gasteiger partial charge in [0.15, 0.2) is 5.65 Å². The van der Waals surface area contributed by atoms with Gasteiger partial charge in [-0.05, 0) is 55.9 Å². The van der Waals surface area contributed by atoms with Gasteiger partial charge in [0, 0.05) is 36.9 Å². The maximum Gasteiger partial charge on any atom is 0.252 e. The number of amides is 1. The second-order valence-corrected chi connectivity index (χ2v) is 10.0. The lowest BCUT2D eigenvalue weighted by Crippen LogP contribution is -2.41. The smallest absolute Gasteiger partial charge is 0.252 e. The number of carbonyl (C=O) groups is 1. The highest BCUT2D eigenvalue weighted by Crippen LogP contribution is 2.36. The van der Waals surface area contributed by atoms with Crippen molar-refractivity contribution in [3.8, 4) is 22.8 Å². The number of nitrogen functional groups attached to an aromatic ring is 1. The molecular weight excluding hydrogens is 516 g/mol. The number of allylic oxidation sites excluding steroid dienone is 1.